The van der Waals surface area contributed by atoms with Crippen LogP contribution in [0.4, 0.5) is 10.5 Å². The Morgan fingerprint density at radius 3 is 2.31 bits per heavy atom. The van der Waals surface area contributed by atoms with Crippen LogP contribution in [0.25, 0.3) is 11.1 Å². The summed E-state index contributed by atoms with van der Waals surface area (Å²) in [7, 11) is 0. The van der Waals surface area contributed by atoms with Crippen LogP contribution < -0.4 is 5.32 Å². The number of aliphatic carboxylic acids is 1. The van der Waals surface area contributed by atoms with Gasteiger partial charge in [0.1, 0.15) is 19.7 Å². The third-order valence-corrected chi connectivity index (χ3v) is 5.78. The maximum absolute atomic E-state index is 12.6. The first-order chi connectivity index (χ1) is 16.8. The number of carbonyl (C=O) groups excluding carboxylic acids is 2. The van der Waals surface area contributed by atoms with E-state index in [1.165, 1.54) is 22.0 Å². The van der Waals surface area contributed by atoms with Crippen molar-refractivity contribution in [1.82, 2.24) is 14.7 Å². The second-order valence-electron chi connectivity index (χ2n) is 8.94. The number of anilines is 1. The SMILES string of the molecule is CC(C)CN(CC(=O)O)C(=O)Cn1cc(NC(=O)OCC2c3ccccc3-c3ccccc32)cn1. The molecular formula is C26H28N4O5. The van der Waals surface area contributed by atoms with Crippen molar-refractivity contribution in [3.63, 3.8) is 0 Å². The van der Waals surface area contributed by atoms with Crippen molar-refractivity contribution in [2.24, 2.45) is 5.92 Å². The number of carboxylic acids is 1. The molecule has 0 atom stereocenters. The van der Waals surface area contributed by atoms with Gasteiger partial charge < -0.3 is 14.7 Å². The van der Waals surface area contributed by atoms with E-state index in [2.05, 4.69) is 34.7 Å². The fourth-order valence-corrected chi connectivity index (χ4v) is 4.36. The molecule has 9 nitrogen and oxygen atoms in total. The number of benzene rings is 2. The number of rotatable bonds is 9. The van der Waals surface area contributed by atoms with Crippen molar-refractivity contribution in [3.8, 4) is 11.1 Å². The van der Waals surface area contributed by atoms with Crippen LogP contribution in [0.5, 0.6) is 0 Å². The van der Waals surface area contributed by atoms with Crippen molar-refractivity contribution in [3.05, 3.63) is 72.1 Å². The van der Waals surface area contributed by atoms with Crippen molar-refractivity contribution in [2.45, 2.75) is 26.3 Å². The highest BCUT2D eigenvalue weighted by Crippen LogP contribution is 2.44. The van der Waals surface area contributed by atoms with Crippen LogP contribution in [-0.2, 0) is 20.9 Å². The van der Waals surface area contributed by atoms with Gasteiger partial charge in [-0.15, -0.1) is 0 Å². The zero-order chi connectivity index (χ0) is 24.9. The Labute approximate surface area is 203 Å². The first-order valence-corrected chi connectivity index (χ1v) is 11.5. The van der Waals surface area contributed by atoms with E-state index in [0.29, 0.717) is 12.2 Å². The summed E-state index contributed by atoms with van der Waals surface area (Å²) in [6.07, 6.45) is 2.30. The second-order valence-corrected chi connectivity index (χ2v) is 8.94. The number of carbonyl (C=O) groups is 3. The molecule has 4 rings (SSSR count). The van der Waals surface area contributed by atoms with E-state index in [1.54, 1.807) is 0 Å². The number of aromatic nitrogens is 2. The molecule has 9 heteroatoms. The van der Waals surface area contributed by atoms with Gasteiger partial charge in [-0.25, -0.2) is 4.79 Å². The lowest BCUT2D eigenvalue weighted by Gasteiger charge is -2.22. The zero-order valence-electron chi connectivity index (χ0n) is 19.7. The normalized spacial score (nSPS) is 12.2. The van der Waals surface area contributed by atoms with Gasteiger partial charge in [0.05, 0.1) is 11.9 Å². The van der Waals surface area contributed by atoms with E-state index in [9.17, 15) is 14.4 Å². The van der Waals surface area contributed by atoms with Gasteiger partial charge in [0.25, 0.3) is 0 Å². The Kier molecular flexibility index (Phi) is 7.14. The van der Waals surface area contributed by atoms with E-state index >= 15 is 0 Å². The lowest BCUT2D eigenvalue weighted by Crippen LogP contribution is -2.40. The molecular weight excluding hydrogens is 448 g/mol. The average molecular weight is 477 g/mol. The van der Waals surface area contributed by atoms with E-state index in [0.717, 1.165) is 22.3 Å². The maximum Gasteiger partial charge on any atom is 0.411 e. The van der Waals surface area contributed by atoms with Crippen LogP contribution in [0.15, 0.2) is 60.9 Å². The van der Waals surface area contributed by atoms with Crippen LogP contribution in [0.3, 0.4) is 0 Å². The highest BCUT2D eigenvalue weighted by molar-refractivity contribution is 5.85. The van der Waals surface area contributed by atoms with Crippen molar-refractivity contribution in [2.75, 3.05) is 25.0 Å². The van der Waals surface area contributed by atoms with Crippen molar-refractivity contribution >= 4 is 23.7 Å². The summed E-state index contributed by atoms with van der Waals surface area (Å²) in [4.78, 5) is 37.4. The van der Waals surface area contributed by atoms with E-state index in [-0.39, 0.29) is 37.4 Å². The van der Waals surface area contributed by atoms with Gasteiger partial charge in [-0.05, 0) is 28.2 Å². The zero-order valence-corrected chi connectivity index (χ0v) is 19.7. The smallest absolute Gasteiger partial charge is 0.411 e. The summed E-state index contributed by atoms with van der Waals surface area (Å²) >= 11 is 0. The van der Waals surface area contributed by atoms with Gasteiger partial charge in [0.15, 0.2) is 0 Å². The predicted octanol–water partition coefficient (Wildman–Crippen LogP) is 3.81. The Morgan fingerprint density at radius 2 is 1.71 bits per heavy atom. The minimum Gasteiger partial charge on any atom is -0.480 e. The predicted molar refractivity (Wildman–Crippen MR) is 130 cm³/mol. The van der Waals surface area contributed by atoms with E-state index in [1.807, 2.05) is 38.1 Å². The molecule has 182 valence electrons. The summed E-state index contributed by atoms with van der Waals surface area (Å²) in [5, 5.41) is 15.8. The molecule has 1 heterocycles. The average Bonchev–Trinajstić information content (AvgIpc) is 3.38. The highest BCUT2D eigenvalue weighted by Gasteiger charge is 2.29. The molecule has 1 aromatic heterocycles. The van der Waals surface area contributed by atoms with Gasteiger partial charge in [-0.3, -0.25) is 19.6 Å². The number of nitrogens with one attached hydrogen (secondary N) is 1. The number of hydrogen-bond acceptors (Lipinski definition) is 5. The molecule has 0 unspecified atom stereocenters. The summed E-state index contributed by atoms with van der Waals surface area (Å²) < 4.78 is 6.89. The number of amides is 2. The molecule has 2 N–H and O–H groups in total. The number of carboxylic acid groups (broad SMARTS) is 1. The quantitative estimate of drug-likeness (QED) is 0.485. The highest BCUT2D eigenvalue weighted by atomic mass is 16.5. The number of ether oxygens (including phenoxy) is 1. The fraction of sp³-hybridized carbons (Fsp3) is 0.308. The number of nitrogens with zero attached hydrogens (tertiary/aromatic N) is 3. The molecule has 35 heavy (non-hydrogen) atoms. The topological polar surface area (TPSA) is 114 Å². The summed E-state index contributed by atoms with van der Waals surface area (Å²) in [6, 6.07) is 16.2. The van der Waals surface area contributed by atoms with Crippen LogP contribution in [0.1, 0.15) is 30.9 Å². The van der Waals surface area contributed by atoms with Gasteiger partial charge >= 0.3 is 12.1 Å². The third kappa shape index (κ3) is 5.68. The first kappa shape index (κ1) is 24.0. The molecule has 0 saturated heterocycles. The molecule has 0 spiro atoms. The maximum atomic E-state index is 12.6. The molecule has 0 fully saturated rings. The van der Waals surface area contributed by atoms with Crippen molar-refractivity contribution < 1.29 is 24.2 Å². The Balaban J connectivity index is 1.34. The summed E-state index contributed by atoms with van der Waals surface area (Å²) in [5.41, 5.74) is 4.93. The second kappa shape index (κ2) is 10.4. The minimum absolute atomic E-state index is 0.0466. The Morgan fingerprint density at radius 1 is 1.09 bits per heavy atom. The molecule has 1 aliphatic carbocycles. The fourth-order valence-electron chi connectivity index (χ4n) is 4.36. The van der Waals surface area contributed by atoms with Crippen LogP contribution in [0, 0.1) is 5.92 Å². The van der Waals surface area contributed by atoms with Gasteiger partial charge in [0.2, 0.25) is 5.91 Å². The van der Waals surface area contributed by atoms with Gasteiger partial charge in [-0.1, -0.05) is 62.4 Å². The Bertz CT molecular complexity index is 1190. The first-order valence-electron chi connectivity index (χ1n) is 11.5. The minimum atomic E-state index is -1.07. The standard InChI is InChI=1S/C26H28N4O5/c1-17(2)12-29(15-25(32)33)24(31)14-30-13-18(11-27-30)28-26(34)35-16-23-21-9-5-3-7-19(21)20-8-4-6-10-22(20)23/h3-11,13,17,23H,12,14-16H2,1-2H3,(H,28,34)(H,32,33). The molecule has 0 aliphatic heterocycles. The molecule has 0 radical (unpaired) electrons. The summed E-state index contributed by atoms with van der Waals surface area (Å²) in [6.45, 7) is 3.83. The van der Waals surface area contributed by atoms with E-state index < -0.39 is 12.1 Å². The number of fused-ring (bicyclic) bond motifs is 3. The van der Waals surface area contributed by atoms with Gasteiger partial charge in [-0.2, -0.15) is 5.10 Å². The Hall–Kier alpha value is -4.14. The lowest BCUT2D eigenvalue weighted by atomic mass is 9.98. The van der Waals surface area contributed by atoms with Crippen LogP contribution in [0.2, 0.25) is 0 Å². The van der Waals surface area contributed by atoms with Crippen molar-refractivity contribution in [1.29, 1.82) is 0 Å². The number of hydrogen-bond donors (Lipinski definition) is 2. The van der Waals surface area contributed by atoms with Crippen LogP contribution >= 0.6 is 0 Å². The molecule has 0 bridgehead atoms. The largest absolute Gasteiger partial charge is 0.480 e. The van der Waals surface area contributed by atoms with Gasteiger partial charge in [0, 0.05) is 18.7 Å². The molecule has 2 aromatic carbocycles. The molecule has 2 amide bonds. The monoisotopic (exact) mass is 476 g/mol. The van der Waals surface area contributed by atoms with Crippen LogP contribution in [-0.4, -0.2) is 57.5 Å². The molecule has 1 aliphatic rings. The summed E-state index contributed by atoms with van der Waals surface area (Å²) in [5.74, 6) is -1.36. The molecule has 0 saturated carbocycles. The third-order valence-electron chi connectivity index (χ3n) is 5.78. The van der Waals surface area contributed by atoms with E-state index in [4.69, 9.17) is 9.84 Å². The lowest BCUT2D eigenvalue weighted by molar-refractivity contribution is -0.145. The molecule has 3 aromatic rings.